The molecule has 0 radical (unpaired) electrons. The molecule has 0 aromatic heterocycles. The number of nitrogens with one attached hydrogen (secondary N) is 1. The SMILES string of the molecule is COC(=O)c1cccc(NCC(OC)OC)c1C. The van der Waals surface area contributed by atoms with E-state index < -0.39 is 0 Å². The van der Waals surface area contributed by atoms with Crippen LogP contribution in [0, 0.1) is 6.92 Å². The van der Waals surface area contributed by atoms with Crippen molar-refractivity contribution in [2.45, 2.75) is 13.2 Å². The summed E-state index contributed by atoms with van der Waals surface area (Å²) in [6, 6.07) is 5.43. The smallest absolute Gasteiger partial charge is 0.338 e. The van der Waals surface area contributed by atoms with Gasteiger partial charge in [-0.05, 0) is 24.6 Å². The number of benzene rings is 1. The van der Waals surface area contributed by atoms with Crippen molar-refractivity contribution in [1.29, 1.82) is 0 Å². The number of carbonyl (C=O) groups excluding carboxylic acids is 1. The molecule has 0 fully saturated rings. The van der Waals surface area contributed by atoms with Gasteiger partial charge in [-0.2, -0.15) is 0 Å². The molecular formula is C13H19NO4. The zero-order valence-corrected chi connectivity index (χ0v) is 11.1. The number of hydrogen-bond acceptors (Lipinski definition) is 5. The monoisotopic (exact) mass is 253 g/mol. The second kappa shape index (κ2) is 6.98. The lowest BCUT2D eigenvalue weighted by Gasteiger charge is -2.17. The Morgan fingerprint density at radius 1 is 1.28 bits per heavy atom. The van der Waals surface area contributed by atoms with E-state index in [0.29, 0.717) is 12.1 Å². The molecule has 0 bridgehead atoms. The van der Waals surface area contributed by atoms with Crippen LogP contribution < -0.4 is 5.32 Å². The van der Waals surface area contributed by atoms with E-state index in [2.05, 4.69) is 5.32 Å². The molecule has 1 aromatic carbocycles. The zero-order valence-electron chi connectivity index (χ0n) is 11.1. The van der Waals surface area contributed by atoms with Gasteiger partial charge in [-0.1, -0.05) is 6.07 Å². The summed E-state index contributed by atoms with van der Waals surface area (Å²) in [7, 11) is 4.52. The van der Waals surface area contributed by atoms with Crippen LogP contribution in [0.5, 0.6) is 0 Å². The molecule has 5 nitrogen and oxygen atoms in total. The van der Waals surface area contributed by atoms with Gasteiger partial charge in [0.1, 0.15) is 0 Å². The van der Waals surface area contributed by atoms with Crippen LogP contribution in [0.2, 0.25) is 0 Å². The largest absolute Gasteiger partial charge is 0.465 e. The van der Waals surface area contributed by atoms with Crippen LogP contribution in [0.25, 0.3) is 0 Å². The number of rotatable bonds is 6. The third kappa shape index (κ3) is 3.45. The number of methoxy groups -OCH3 is 3. The maximum absolute atomic E-state index is 11.5. The lowest BCUT2D eigenvalue weighted by atomic mass is 10.1. The van der Waals surface area contributed by atoms with E-state index in [-0.39, 0.29) is 12.3 Å². The molecule has 18 heavy (non-hydrogen) atoms. The molecule has 0 unspecified atom stereocenters. The Morgan fingerprint density at radius 3 is 2.50 bits per heavy atom. The van der Waals surface area contributed by atoms with Gasteiger partial charge in [0.25, 0.3) is 0 Å². The maximum Gasteiger partial charge on any atom is 0.338 e. The summed E-state index contributed by atoms with van der Waals surface area (Å²) in [6.45, 7) is 2.36. The van der Waals surface area contributed by atoms with Crippen molar-refractivity contribution in [3.8, 4) is 0 Å². The molecule has 0 aliphatic rings. The lowest BCUT2D eigenvalue weighted by molar-refractivity contribution is -0.0914. The summed E-state index contributed by atoms with van der Waals surface area (Å²) in [5, 5.41) is 3.18. The Kier molecular flexibility index (Phi) is 5.61. The normalized spacial score (nSPS) is 10.5. The summed E-state index contributed by atoms with van der Waals surface area (Å²) in [4.78, 5) is 11.5. The Labute approximate surface area is 107 Å². The third-order valence-corrected chi connectivity index (χ3v) is 2.72. The van der Waals surface area contributed by atoms with Crippen LogP contribution in [0.4, 0.5) is 5.69 Å². The zero-order chi connectivity index (χ0) is 13.5. The molecule has 1 aromatic rings. The van der Waals surface area contributed by atoms with E-state index >= 15 is 0 Å². The van der Waals surface area contributed by atoms with E-state index in [0.717, 1.165) is 11.3 Å². The van der Waals surface area contributed by atoms with Crippen molar-refractivity contribution < 1.29 is 19.0 Å². The molecule has 0 aliphatic heterocycles. The first-order chi connectivity index (χ1) is 8.63. The highest BCUT2D eigenvalue weighted by atomic mass is 16.7. The molecule has 0 spiro atoms. The van der Waals surface area contributed by atoms with E-state index in [9.17, 15) is 4.79 Å². The van der Waals surface area contributed by atoms with Crippen molar-refractivity contribution in [2.24, 2.45) is 0 Å². The molecular weight excluding hydrogens is 234 g/mol. The Morgan fingerprint density at radius 2 is 1.94 bits per heavy atom. The van der Waals surface area contributed by atoms with E-state index in [4.69, 9.17) is 14.2 Å². The van der Waals surface area contributed by atoms with Crippen LogP contribution >= 0.6 is 0 Å². The van der Waals surface area contributed by atoms with Crippen LogP contribution in [0.15, 0.2) is 18.2 Å². The number of anilines is 1. The molecule has 100 valence electrons. The van der Waals surface area contributed by atoms with Crippen LogP contribution in [-0.4, -0.2) is 40.1 Å². The maximum atomic E-state index is 11.5. The number of ether oxygens (including phenoxy) is 3. The minimum Gasteiger partial charge on any atom is -0.465 e. The molecule has 0 saturated heterocycles. The molecule has 0 aliphatic carbocycles. The predicted molar refractivity (Wildman–Crippen MR) is 68.8 cm³/mol. The van der Waals surface area contributed by atoms with Crippen LogP contribution in [-0.2, 0) is 14.2 Å². The standard InChI is InChI=1S/C13H19NO4/c1-9-10(13(15)18-4)6-5-7-11(9)14-8-12(16-2)17-3/h5-7,12,14H,8H2,1-4H3. The Bertz CT molecular complexity index is 402. The summed E-state index contributed by atoms with van der Waals surface area (Å²) >= 11 is 0. The van der Waals surface area contributed by atoms with Gasteiger partial charge in [-0.15, -0.1) is 0 Å². The fourth-order valence-corrected chi connectivity index (χ4v) is 1.61. The van der Waals surface area contributed by atoms with Gasteiger partial charge in [0.05, 0.1) is 19.2 Å². The first kappa shape index (κ1) is 14.5. The highest BCUT2D eigenvalue weighted by Crippen LogP contribution is 2.19. The van der Waals surface area contributed by atoms with Gasteiger partial charge in [0.15, 0.2) is 6.29 Å². The van der Waals surface area contributed by atoms with Crippen molar-refractivity contribution in [1.82, 2.24) is 0 Å². The molecule has 0 heterocycles. The molecule has 1 rings (SSSR count). The van der Waals surface area contributed by atoms with Crippen molar-refractivity contribution >= 4 is 11.7 Å². The number of esters is 1. The fourth-order valence-electron chi connectivity index (χ4n) is 1.61. The first-order valence-electron chi connectivity index (χ1n) is 5.61. The second-order valence-electron chi connectivity index (χ2n) is 3.75. The quantitative estimate of drug-likeness (QED) is 0.619. The average molecular weight is 253 g/mol. The summed E-state index contributed by atoms with van der Waals surface area (Å²) in [5.41, 5.74) is 2.25. The highest BCUT2D eigenvalue weighted by molar-refractivity contribution is 5.92. The van der Waals surface area contributed by atoms with Gasteiger partial charge in [-0.25, -0.2) is 4.79 Å². The lowest BCUT2D eigenvalue weighted by Crippen LogP contribution is -2.24. The minimum atomic E-state index is -0.341. The Hall–Kier alpha value is -1.59. The Balaban J connectivity index is 2.81. The topological polar surface area (TPSA) is 56.8 Å². The summed E-state index contributed by atoms with van der Waals surface area (Å²) < 4.78 is 14.9. The van der Waals surface area contributed by atoms with E-state index in [1.165, 1.54) is 7.11 Å². The first-order valence-corrected chi connectivity index (χ1v) is 5.61. The average Bonchev–Trinajstić information content (AvgIpc) is 2.40. The van der Waals surface area contributed by atoms with Gasteiger partial charge in [-0.3, -0.25) is 0 Å². The van der Waals surface area contributed by atoms with Gasteiger partial charge < -0.3 is 19.5 Å². The highest BCUT2D eigenvalue weighted by Gasteiger charge is 2.12. The summed E-state index contributed by atoms with van der Waals surface area (Å²) in [5.74, 6) is -0.341. The molecule has 0 atom stereocenters. The van der Waals surface area contributed by atoms with Crippen LogP contribution in [0.1, 0.15) is 15.9 Å². The fraction of sp³-hybridized carbons (Fsp3) is 0.462. The van der Waals surface area contributed by atoms with Gasteiger partial charge in [0, 0.05) is 19.9 Å². The molecule has 1 N–H and O–H groups in total. The molecule has 0 amide bonds. The van der Waals surface area contributed by atoms with Crippen molar-refractivity contribution in [2.75, 3.05) is 33.2 Å². The minimum absolute atomic E-state index is 0.328. The summed E-state index contributed by atoms with van der Waals surface area (Å²) in [6.07, 6.45) is -0.328. The van der Waals surface area contributed by atoms with E-state index in [1.807, 2.05) is 13.0 Å². The second-order valence-corrected chi connectivity index (χ2v) is 3.75. The molecule has 0 saturated carbocycles. The number of hydrogen-bond donors (Lipinski definition) is 1. The van der Waals surface area contributed by atoms with E-state index in [1.54, 1.807) is 26.4 Å². The van der Waals surface area contributed by atoms with Crippen molar-refractivity contribution in [3.63, 3.8) is 0 Å². The van der Waals surface area contributed by atoms with Crippen LogP contribution in [0.3, 0.4) is 0 Å². The van der Waals surface area contributed by atoms with Gasteiger partial charge in [0.2, 0.25) is 0 Å². The number of carbonyl (C=O) groups is 1. The third-order valence-electron chi connectivity index (χ3n) is 2.72. The van der Waals surface area contributed by atoms with Gasteiger partial charge >= 0.3 is 5.97 Å². The predicted octanol–water partition coefficient (Wildman–Crippen LogP) is 1.81. The van der Waals surface area contributed by atoms with Crippen molar-refractivity contribution in [3.05, 3.63) is 29.3 Å². The molecule has 5 heteroatoms.